The van der Waals surface area contributed by atoms with Crippen LogP contribution in [0.5, 0.6) is 0 Å². The number of fused-ring (bicyclic) bond motifs is 1. The van der Waals surface area contributed by atoms with Crippen LogP contribution in [-0.4, -0.2) is 4.98 Å². The lowest BCUT2D eigenvalue weighted by molar-refractivity contribution is 0.619. The summed E-state index contributed by atoms with van der Waals surface area (Å²) in [5.41, 5.74) is 8.55. The average molecular weight is 324 g/mol. The molecule has 0 saturated heterocycles. The molecule has 1 heterocycles. The maximum atomic E-state index is 6.06. The minimum atomic E-state index is 0.497. The molecule has 0 fully saturated rings. The van der Waals surface area contributed by atoms with E-state index >= 15 is 0 Å². The van der Waals surface area contributed by atoms with E-state index in [-0.39, 0.29) is 0 Å². The zero-order valence-electron chi connectivity index (χ0n) is 9.15. The number of halogens is 2. The van der Waals surface area contributed by atoms with E-state index in [0.29, 0.717) is 22.2 Å². The second kappa shape index (κ2) is 4.30. The summed E-state index contributed by atoms with van der Waals surface area (Å²) < 4.78 is 6.57. The Morgan fingerprint density at radius 2 is 2.06 bits per heavy atom. The van der Waals surface area contributed by atoms with Crippen molar-refractivity contribution in [2.45, 2.75) is 0 Å². The van der Waals surface area contributed by atoms with E-state index in [4.69, 9.17) is 21.8 Å². The van der Waals surface area contributed by atoms with Gasteiger partial charge in [0.05, 0.1) is 10.6 Å². The number of hydrogen-bond acceptors (Lipinski definition) is 3. The highest BCUT2D eigenvalue weighted by atomic mass is 79.9. The maximum Gasteiger partial charge on any atom is 0.228 e. The number of anilines is 1. The van der Waals surface area contributed by atoms with Gasteiger partial charge in [-0.3, -0.25) is 0 Å². The van der Waals surface area contributed by atoms with Crippen LogP contribution in [0.4, 0.5) is 5.69 Å². The van der Waals surface area contributed by atoms with Gasteiger partial charge in [-0.2, -0.15) is 0 Å². The lowest BCUT2D eigenvalue weighted by Gasteiger charge is -2.00. The van der Waals surface area contributed by atoms with Crippen LogP contribution in [0, 0.1) is 0 Å². The zero-order valence-corrected chi connectivity index (χ0v) is 11.5. The summed E-state index contributed by atoms with van der Waals surface area (Å²) >= 11 is 9.51. The number of nitrogens with two attached hydrogens (primary N) is 1. The molecule has 2 N–H and O–H groups in total. The molecule has 3 nitrogen and oxygen atoms in total. The number of benzene rings is 2. The van der Waals surface area contributed by atoms with Gasteiger partial charge in [0.15, 0.2) is 5.58 Å². The van der Waals surface area contributed by atoms with Gasteiger partial charge in [0.25, 0.3) is 0 Å². The van der Waals surface area contributed by atoms with Crippen LogP contribution >= 0.6 is 27.5 Å². The fourth-order valence-electron chi connectivity index (χ4n) is 1.74. The van der Waals surface area contributed by atoms with E-state index in [0.717, 1.165) is 15.6 Å². The highest BCUT2D eigenvalue weighted by molar-refractivity contribution is 9.10. The molecule has 0 aliphatic rings. The van der Waals surface area contributed by atoms with Gasteiger partial charge in [0.1, 0.15) is 5.52 Å². The third kappa shape index (κ3) is 1.87. The lowest BCUT2D eigenvalue weighted by Crippen LogP contribution is -1.86. The Hall–Kier alpha value is -1.52. The monoisotopic (exact) mass is 322 g/mol. The van der Waals surface area contributed by atoms with Gasteiger partial charge in [-0.25, -0.2) is 4.98 Å². The molecule has 18 heavy (non-hydrogen) atoms. The summed E-state index contributed by atoms with van der Waals surface area (Å²) in [6, 6.07) is 10.9. The molecule has 0 atom stereocenters. The Balaban J connectivity index is 2.26. The number of hydrogen-bond donors (Lipinski definition) is 1. The van der Waals surface area contributed by atoms with Crippen molar-refractivity contribution < 1.29 is 4.42 Å². The molecule has 0 unspecified atom stereocenters. The molecule has 0 radical (unpaired) electrons. The minimum Gasteiger partial charge on any atom is -0.434 e. The summed E-state index contributed by atoms with van der Waals surface area (Å²) in [5.74, 6) is 0.497. The number of nitrogen functional groups attached to an aromatic ring is 1. The number of nitrogens with zero attached hydrogens (tertiary/aromatic N) is 1. The smallest absolute Gasteiger partial charge is 0.228 e. The molecule has 5 heteroatoms. The summed E-state index contributed by atoms with van der Waals surface area (Å²) in [7, 11) is 0. The molecule has 0 spiro atoms. The van der Waals surface area contributed by atoms with Crippen molar-refractivity contribution in [1.29, 1.82) is 0 Å². The van der Waals surface area contributed by atoms with Crippen molar-refractivity contribution in [3.63, 3.8) is 0 Å². The molecule has 0 aliphatic carbocycles. The topological polar surface area (TPSA) is 52.0 Å². The SMILES string of the molecule is Nc1ccc(Br)c(-c2nc3cccc(Cl)c3o2)c1. The van der Waals surface area contributed by atoms with Crippen LogP contribution in [0.25, 0.3) is 22.6 Å². The van der Waals surface area contributed by atoms with Crippen molar-refractivity contribution in [1.82, 2.24) is 4.98 Å². The predicted molar refractivity (Wildman–Crippen MR) is 76.6 cm³/mol. The van der Waals surface area contributed by atoms with Gasteiger partial charge in [0, 0.05) is 10.2 Å². The van der Waals surface area contributed by atoms with E-state index in [1.807, 2.05) is 30.3 Å². The van der Waals surface area contributed by atoms with Crippen LogP contribution in [0.15, 0.2) is 45.3 Å². The quantitative estimate of drug-likeness (QED) is 0.671. The molecule has 3 aromatic rings. The highest BCUT2D eigenvalue weighted by Crippen LogP contribution is 2.33. The van der Waals surface area contributed by atoms with Crippen molar-refractivity contribution in [3.8, 4) is 11.5 Å². The predicted octanol–water partition coefficient (Wildman–Crippen LogP) is 4.49. The number of oxazole rings is 1. The first-order valence-corrected chi connectivity index (χ1v) is 6.43. The van der Waals surface area contributed by atoms with Crippen LogP contribution in [0.1, 0.15) is 0 Å². The van der Waals surface area contributed by atoms with Gasteiger partial charge in [-0.1, -0.05) is 17.7 Å². The van der Waals surface area contributed by atoms with Crippen molar-refractivity contribution in [2.75, 3.05) is 5.73 Å². The second-order valence-corrected chi connectivity index (χ2v) is 5.11. The van der Waals surface area contributed by atoms with Crippen LogP contribution < -0.4 is 5.73 Å². The number of rotatable bonds is 1. The van der Waals surface area contributed by atoms with E-state index in [2.05, 4.69) is 20.9 Å². The molecule has 0 saturated carbocycles. The Bertz CT molecular complexity index is 739. The van der Waals surface area contributed by atoms with Crippen LogP contribution in [0.2, 0.25) is 5.02 Å². The van der Waals surface area contributed by atoms with E-state index < -0.39 is 0 Å². The molecule has 0 aliphatic heterocycles. The first-order valence-electron chi connectivity index (χ1n) is 5.25. The van der Waals surface area contributed by atoms with Crippen LogP contribution in [0.3, 0.4) is 0 Å². The maximum absolute atomic E-state index is 6.06. The van der Waals surface area contributed by atoms with Crippen molar-refractivity contribution in [2.24, 2.45) is 0 Å². The Kier molecular flexibility index (Phi) is 2.76. The first kappa shape index (κ1) is 11.6. The van der Waals surface area contributed by atoms with Gasteiger partial charge < -0.3 is 10.2 Å². The van der Waals surface area contributed by atoms with Gasteiger partial charge in [-0.15, -0.1) is 0 Å². The van der Waals surface area contributed by atoms with Crippen LogP contribution in [-0.2, 0) is 0 Å². The molecule has 90 valence electrons. The molecule has 2 aromatic carbocycles. The fraction of sp³-hybridized carbons (Fsp3) is 0. The fourth-order valence-corrected chi connectivity index (χ4v) is 2.36. The first-order chi connectivity index (χ1) is 8.65. The summed E-state index contributed by atoms with van der Waals surface area (Å²) in [6.07, 6.45) is 0. The van der Waals surface area contributed by atoms with Crippen molar-refractivity contribution in [3.05, 3.63) is 45.9 Å². The third-order valence-corrected chi connectivity index (χ3v) is 3.58. The van der Waals surface area contributed by atoms with Crippen molar-refractivity contribution >= 4 is 44.3 Å². The summed E-state index contributed by atoms with van der Waals surface area (Å²) in [4.78, 5) is 4.41. The second-order valence-electron chi connectivity index (χ2n) is 3.85. The normalized spacial score (nSPS) is 11.0. The molecule has 0 amide bonds. The number of para-hydroxylation sites is 1. The summed E-state index contributed by atoms with van der Waals surface area (Å²) in [5, 5.41) is 0.547. The third-order valence-electron chi connectivity index (χ3n) is 2.59. The Morgan fingerprint density at radius 1 is 1.22 bits per heavy atom. The summed E-state index contributed by atoms with van der Waals surface area (Å²) in [6.45, 7) is 0. The Morgan fingerprint density at radius 3 is 2.83 bits per heavy atom. The molecular weight excluding hydrogens is 316 g/mol. The lowest BCUT2D eigenvalue weighted by atomic mass is 10.2. The zero-order chi connectivity index (χ0) is 12.7. The molecule has 1 aromatic heterocycles. The van der Waals surface area contributed by atoms with E-state index in [1.165, 1.54) is 0 Å². The molecular formula is C13H8BrClN2O. The van der Waals surface area contributed by atoms with Gasteiger partial charge >= 0.3 is 0 Å². The Labute approximate surface area is 117 Å². The molecule has 3 rings (SSSR count). The van der Waals surface area contributed by atoms with E-state index in [9.17, 15) is 0 Å². The van der Waals surface area contributed by atoms with Gasteiger partial charge in [0.2, 0.25) is 5.89 Å². The number of aromatic nitrogens is 1. The molecule has 0 bridgehead atoms. The standard InChI is InChI=1S/C13H8BrClN2O/c14-9-5-4-7(16)6-8(9)13-17-11-3-1-2-10(15)12(11)18-13/h1-6H,16H2. The highest BCUT2D eigenvalue weighted by Gasteiger charge is 2.13. The van der Waals surface area contributed by atoms with E-state index in [1.54, 1.807) is 6.07 Å². The average Bonchev–Trinajstić information content (AvgIpc) is 2.77. The van der Waals surface area contributed by atoms with Gasteiger partial charge in [-0.05, 0) is 46.3 Å². The minimum absolute atomic E-state index is 0.497. The largest absolute Gasteiger partial charge is 0.434 e.